The van der Waals surface area contributed by atoms with Crippen LogP contribution < -0.4 is 5.73 Å². The SMILES string of the molecule is C=C(C)C1(C(N)C(=O)N2C(C#N)CC34CC23C4)CCCC1. The number of hydrogen-bond donors (Lipinski definition) is 1. The van der Waals surface area contributed by atoms with Crippen LogP contribution in [0.4, 0.5) is 0 Å². The second-order valence-electron chi connectivity index (χ2n) is 7.84. The highest BCUT2D eigenvalue weighted by atomic mass is 16.2. The van der Waals surface area contributed by atoms with Crippen LogP contribution in [0, 0.1) is 22.2 Å². The third-order valence-corrected chi connectivity index (χ3v) is 6.95. The zero-order valence-electron chi connectivity index (χ0n) is 12.7. The van der Waals surface area contributed by atoms with Crippen molar-refractivity contribution < 1.29 is 4.79 Å². The lowest BCUT2D eigenvalue weighted by atomic mass is 9.73. The average Bonchev–Trinajstić information content (AvgIpc) is 3.06. The van der Waals surface area contributed by atoms with Gasteiger partial charge in [0, 0.05) is 10.8 Å². The maximum absolute atomic E-state index is 13.1. The van der Waals surface area contributed by atoms with Crippen molar-refractivity contribution in [3.8, 4) is 6.07 Å². The number of piperidine rings is 2. The molecule has 2 unspecified atom stereocenters. The number of rotatable bonds is 3. The Balaban J connectivity index is 1.63. The topological polar surface area (TPSA) is 70.1 Å². The number of nitriles is 1. The van der Waals surface area contributed by atoms with E-state index in [4.69, 9.17) is 5.73 Å². The summed E-state index contributed by atoms with van der Waals surface area (Å²) in [4.78, 5) is 15.0. The van der Waals surface area contributed by atoms with Crippen LogP contribution >= 0.6 is 0 Å². The summed E-state index contributed by atoms with van der Waals surface area (Å²) in [5.41, 5.74) is 7.56. The molecular weight excluding hydrogens is 262 g/mol. The Kier molecular flexibility index (Phi) is 2.35. The van der Waals surface area contributed by atoms with Crippen molar-refractivity contribution in [2.24, 2.45) is 16.6 Å². The molecule has 1 heterocycles. The largest absolute Gasteiger partial charge is 0.319 e. The van der Waals surface area contributed by atoms with Crippen molar-refractivity contribution in [2.75, 3.05) is 0 Å². The van der Waals surface area contributed by atoms with E-state index < -0.39 is 6.04 Å². The molecule has 3 aliphatic carbocycles. The second-order valence-corrected chi connectivity index (χ2v) is 7.84. The summed E-state index contributed by atoms with van der Waals surface area (Å²) in [5.74, 6) is 0.00308. The van der Waals surface area contributed by atoms with Gasteiger partial charge in [0.15, 0.2) is 0 Å². The molecular formula is C17H23N3O. The first-order valence-electron chi connectivity index (χ1n) is 8.07. The number of carbonyl (C=O) groups is 1. The Morgan fingerprint density at radius 1 is 1.43 bits per heavy atom. The lowest BCUT2D eigenvalue weighted by Crippen LogP contribution is -2.56. The molecule has 0 aromatic heterocycles. The van der Waals surface area contributed by atoms with Gasteiger partial charge in [-0.2, -0.15) is 5.26 Å². The Morgan fingerprint density at radius 3 is 2.57 bits per heavy atom. The highest BCUT2D eigenvalue weighted by molar-refractivity contribution is 5.87. The minimum absolute atomic E-state index is 0.00308. The van der Waals surface area contributed by atoms with Gasteiger partial charge in [-0.1, -0.05) is 25.0 Å². The highest BCUT2D eigenvalue weighted by Crippen LogP contribution is 2.87. The van der Waals surface area contributed by atoms with Crippen molar-refractivity contribution in [3.63, 3.8) is 0 Å². The molecule has 4 aliphatic rings. The number of amides is 1. The summed E-state index contributed by atoms with van der Waals surface area (Å²) in [6, 6.07) is 1.54. The third-order valence-electron chi connectivity index (χ3n) is 6.95. The fraction of sp³-hybridized carbons (Fsp3) is 0.765. The molecule has 21 heavy (non-hydrogen) atoms. The smallest absolute Gasteiger partial charge is 0.241 e. The van der Waals surface area contributed by atoms with E-state index in [0.717, 1.165) is 50.5 Å². The van der Waals surface area contributed by atoms with E-state index in [1.165, 1.54) is 0 Å². The molecule has 4 fully saturated rings. The first-order valence-corrected chi connectivity index (χ1v) is 8.07. The molecule has 112 valence electrons. The molecule has 0 aromatic carbocycles. The molecule has 4 nitrogen and oxygen atoms in total. The van der Waals surface area contributed by atoms with Crippen LogP contribution in [0.2, 0.25) is 0 Å². The molecule has 3 saturated carbocycles. The molecule has 1 saturated heterocycles. The predicted octanol–water partition coefficient (Wildman–Crippen LogP) is 2.11. The fourth-order valence-corrected chi connectivity index (χ4v) is 5.36. The Bertz CT molecular complexity index is 575. The quantitative estimate of drug-likeness (QED) is 0.807. The normalized spacial score (nSPS) is 42.7. The van der Waals surface area contributed by atoms with Crippen molar-refractivity contribution in [3.05, 3.63) is 12.2 Å². The third kappa shape index (κ3) is 1.36. The minimum atomic E-state index is -0.528. The molecule has 2 atom stereocenters. The van der Waals surface area contributed by atoms with Crippen molar-refractivity contribution in [2.45, 2.75) is 69.5 Å². The minimum Gasteiger partial charge on any atom is -0.319 e. The summed E-state index contributed by atoms with van der Waals surface area (Å²) in [6.07, 6.45) is 7.20. The molecule has 4 rings (SSSR count). The number of likely N-dealkylation sites (tertiary alicyclic amines) is 1. The molecule has 0 aromatic rings. The van der Waals surface area contributed by atoms with Crippen LogP contribution in [-0.2, 0) is 4.79 Å². The molecule has 2 N–H and O–H groups in total. The zero-order valence-corrected chi connectivity index (χ0v) is 12.7. The molecule has 0 bridgehead atoms. The van der Waals surface area contributed by atoms with E-state index in [1.54, 1.807) is 0 Å². The van der Waals surface area contributed by atoms with Gasteiger partial charge in [-0.3, -0.25) is 4.79 Å². The Hall–Kier alpha value is -1.34. The number of carbonyl (C=O) groups excluding carboxylic acids is 1. The molecule has 0 spiro atoms. The van der Waals surface area contributed by atoms with Crippen LogP contribution in [-0.4, -0.2) is 28.4 Å². The Labute approximate surface area is 126 Å². The van der Waals surface area contributed by atoms with Crippen molar-refractivity contribution in [1.29, 1.82) is 5.26 Å². The van der Waals surface area contributed by atoms with Gasteiger partial charge >= 0.3 is 0 Å². The summed E-state index contributed by atoms with van der Waals surface area (Å²) >= 11 is 0. The molecule has 1 aliphatic heterocycles. The van der Waals surface area contributed by atoms with Gasteiger partial charge in [0.25, 0.3) is 0 Å². The van der Waals surface area contributed by atoms with Gasteiger partial charge in [-0.05, 0) is 39.0 Å². The van der Waals surface area contributed by atoms with E-state index in [2.05, 4.69) is 12.6 Å². The lowest BCUT2D eigenvalue weighted by molar-refractivity contribution is -0.138. The second kappa shape index (κ2) is 3.70. The lowest BCUT2D eigenvalue weighted by Gasteiger charge is -2.40. The summed E-state index contributed by atoms with van der Waals surface area (Å²) in [7, 11) is 0. The van der Waals surface area contributed by atoms with E-state index in [0.29, 0.717) is 5.41 Å². The van der Waals surface area contributed by atoms with Gasteiger partial charge in [0.1, 0.15) is 6.04 Å². The van der Waals surface area contributed by atoms with Gasteiger partial charge in [-0.15, -0.1) is 0 Å². The summed E-state index contributed by atoms with van der Waals surface area (Å²) < 4.78 is 0. The van der Waals surface area contributed by atoms with E-state index in [1.807, 2.05) is 11.8 Å². The Morgan fingerprint density at radius 2 is 2.05 bits per heavy atom. The molecule has 0 radical (unpaired) electrons. The zero-order chi connectivity index (χ0) is 15.0. The average molecular weight is 285 g/mol. The standard InChI is InChI=1S/C17H23N3O/c1-11(2)16(5-3-4-6-16)13(19)14(21)20-12(8-18)7-15-9-17(15,20)10-15/h12-13H,1,3-7,9-10,19H2,2H3. The van der Waals surface area contributed by atoms with Crippen molar-refractivity contribution >= 4 is 5.91 Å². The first-order chi connectivity index (χ1) is 9.92. The van der Waals surface area contributed by atoms with Crippen LogP contribution in [0.15, 0.2) is 12.2 Å². The summed E-state index contributed by atoms with van der Waals surface area (Å²) in [6.45, 7) is 6.12. The maximum atomic E-state index is 13.1. The van der Waals surface area contributed by atoms with Crippen LogP contribution in [0.5, 0.6) is 0 Å². The van der Waals surface area contributed by atoms with E-state index >= 15 is 0 Å². The highest BCUT2D eigenvalue weighted by Gasteiger charge is 2.91. The predicted molar refractivity (Wildman–Crippen MR) is 79.0 cm³/mol. The van der Waals surface area contributed by atoms with Crippen LogP contribution in [0.3, 0.4) is 0 Å². The van der Waals surface area contributed by atoms with Gasteiger partial charge < -0.3 is 10.6 Å². The monoisotopic (exact) mass is 285 g/mol. The van der Waals surface area contributed by atoms with Gasteiger partial charge in [-0.25, -0.2) is 0 Å². The number of nitrogens with zero attached hydrogens (tertiary/aromatic N) is 2. The number of hydrogen-bond acceptors (Lipinski definition) is 3. The van der Waals surface area contributed by atoms with Crippen LogP contribution in [0.1, 0.15) is 51.9 Å². The molecule has 1 amide bonds. The van der Waals surface area contributed by atoms with Crippen LogP contribution in [0.25, 0.3) is 0 Å². The maximum Gasteiger partial charge on any atom is 0.241 e. The first kappa shape index (κ1) is 13.3. The molecule has 4 heteroatoms. The van der Waals surface area contributed by atoms with Gasteiger partial charge in [0.2, 0.25) is 5.91 Å². The van der Waals surface area contributed by atoms with Gasteiger partial charge in [0.05, 0.1) is 17.6 Å². The van der Waals surface area contributed by atoms with E-state index in [9.17, 15) is 10.1 Å². The summed E-state index contributed by atoms with van der Waals surface area (Å²) in [5, 5.41) is 9.37. The van der Waals surface area contributed by atoms with Crippen molar-refractivity contribution in [1.82, 2.24) is 4.90 Å². The van der Waals surface area contributed by atoms with E-state index in [-0.39, 0.29) is 22.9 Å². The number of nitrogens with two attached hydrogens (primary N) is 1. The fourth-order valence-electron chi connectivity index (χ4n) is 5.36.